The lowest BCUT2D eigenvalue weighted by molar-refractivity contribution is 0.0924. The summed E-state index contributed by atoms with van der Waals surface area (Å²) in [5, 5.41) is 6.68. The van der Waals surface area contributed by atoms with Crippen LogP contribution in [0.3, 0.4) is 0 Å². The smallest absolute Gasteiger partial charge is 0.253 e. The number of carbonyl (C=O) groups is 1. The fourth-order valence-corrected chi connectivity index (χ4v) is 3.64. The summed E-state index contributed by atoms with van der Waals surface area (Å²) in [6.07, 6.45) is 4.22. The molecule has 2 fully saturated rings. The maximum Gasteiger partial charge on any atom is 0.253 e. The molecule has 2 aliphatic rings. The molecule has 4 heteroatoms. The lowest BCUT2D eigenvalue weighted by atomic mass is 10.0. The monoisotopic (exact) mass is 269 g/mol. The molecule has 4 nitrogen and oxygen atoms in total. The van der Waals surface area contributed by atoms with E-state index in [1.165, 1.54) is 6.42 Å². The summed E-state index contributed by atoms with van der Waals surface area (Å²) in [6, 6.07) is 9.01. The van der Waals surface area contributed by atoms with Crippen molar-refractivity contribution in [2.75, 3.05) is 6.54 Å². The van der Waals surface area contributed by atoms with Crippen LogP contribution in [-0.2, 0) is 0 Å². The van der Waals surface area contributed by atoms with Gasteiger partial charge in [-0.2, -0.15) is 0 Å². The first-order valence-corrected chi connectivity index (χ1v) is 7.33. The van der Waals surface area contributed by atoms with Crippen molar-refractivity contribution in [1.29, 1.82) is 0 Å². The minimum Gasteiger partial charge on any atom is -0.349 e. The molecule has 0 aromatic carbocycles. The minimum atomic E-state index is 0.0533. The Balaban J connectivity index is 1.56. The second-order valence-corrected chi connectivity index (χ2v) is 6.10. The van der Waals surface area contributed by atoms with Crippen molar-refractivity contribution in [2.45, 2.75) is 31.8 Å². The lowest BCUT2D eigenvalue weighted by Crippen LogP contribution is -2.44. The highest BCUT2D eigenvalue weighted by Gasteiger charge is 2.40. The number of carbonyl (C=O) groups excluding carboxylic acids is 1. The highest BCUT2D eigenvalue weighted by atomic mass is 16.1. The molecule has 2 N–H and O–H groups in total. The van der Waals surface area contributed by atoms with Crippen LogP contribution >= 0.6 is 0 Å². The Hall–Kier alpha value is -1.81. The molecule has 1 saturated heterocycles. The Morgan fingerprint density at radius 3 is 2.90 bits per heavy atom. The summed E-state index contributed by atoms with van der Waals surface area (Å²) in [5.41, 5.74) is 3.02. The minimum absolute atomic E-state index is 0.0533. The SMILES string of the molecule is Cc1ccc2ccc(C(=O)NC3CC4CC3CN4)cn12. The summed E-state index contributed by atoms with van der Waals surface area (Å²) < 4.78 is 2.07. The third-order valence-corrected chi connectivity index (χ3v) is 4.80. The Morgan fingerprint density at radius 1 is 1.30 bits per heavy atom. The van der Waals surface area contributed by atoms with E-state index >= 15 is 0 Å². The zero-order chi connectivity index (χ0) is 13.7. The number of pyridine rings is 1. The third kappa shape index (κ3) is 1.83. The Kier molecular flexibility index (Phi) is 2.60. The molecule has 104 valence electrons. The molecule has 2 aromatic rings. The van der Waals surface area contributed by atoms with Gasteiger partial charge in [0.15, 0.2) is 0 Å². The lowest BCUT2D eigenvalue weighted by Gasteiger charge is -2.23. The molecule has 0 radical (unpaired) electrons. The Labute approximate surface area is 118 Å². The molecule has 0 spiro atoms. The zero-order valence-corrected chi connectivity index (χ0v) is 11.6. The summed E-state index contributed by atoms with van der Waals surface area (Å²) >= 11 is 0. The van der Waals surface area contributed by atoms with Gasteiger partial charge in [-0.05, 0) is 49.9 Å². The van der Waals surface area contributed by atoms with Gasteiger partial charge in [0, 0.05) is 36.0 Å². The van der Waals surface area contributed by atoms with Crippen LogP contribution in [0.1, 0.15) is 28.9 Å². The summed E-state index contributed by atoms with van der Waals surface area (Å²) in [7, 11) is 0. The zero-order valence-electron chi connectivity index (χ0n) is 11.6. The van der Waals surface area contributed by atoms with E-state index in [9.17, 15) is 4.79 Å². The van der Waals surface area contributed by atoms with Crippen LogP contribution in [0, 0.1) is 12.8 Å². The first-order valence-electron chi connectivity index (χ1n) is 7.33. The molecule has 20 heavy (non-hydrogen) atoms. The van der Waals surface area contributed by atoms with E-state index < -0.39 is 0 Å². The van der Waals surface area contributed by atoms with E-state index in [1.807, 2.05) is 18.3 Å². The van der Waals surface area contributed by atoms with Gasteiger partial charge in [-0.25, -0.2) is 0 Å². The number of fused-ring (bicyclic) bond motifs is 3. The van der Waals surface area contributed by atoms with Gasteiger partial charge in [-0.15, -0.1) is 0 Å². The number of rotatable bonds is 2. The molecule has 3 unspecified atom stereocenters. The fourth-order valence-electron chi connectivity index (χ4n) is 3.64. The number of amides is 1. The highest BCUT2D eigenvalue weighted by molar-refractivity contribution is 5.94. The van der Waals surface area contributed by atoms with Gasteiger partial charge >= 0.3 is 0 Å². The van der Waals surface area contributed by atoms with Crippen molar-refractivity contribution in [1.82, 2.24) is 15.0 Å². The summed E-state index contributed by atoms with van der Waals surface area (Å²) in [4.78, 5) is 12.4. The number of nitrogens with zero attached hydrogens (tertiary/aromatic N) is 1. The van der Waals surface area contributed by atoms with Crippen molar-refractivity contribution in [3.63, 3.8) is 0 Å². The van der Waals surface area contributed by atoms with Crippen molar-refractivity contribution < 1.29 is 4.79 Å². The number of hydrogen-bond donors (Lipinski definition) is 2. The third-order valence-electron chi connectivity index (χ3n) is 4.80. The van der Waals surface area contributed by atoms with Crippen molar-refractivity contribution in [3.05, 3.63) is 41.7 Å². The van der Waals surface area contributed by atoms with Crippen LogP contribution in [0.15, 0.2) is 30.5 Å². The molecule has 3 atom stereocenters. The predicted molar refractivity (Wildman–Crippen MR) is 77.9 cm³/mol. The van der Waals surface area contributed by atoms with Crippen molar-refractivity contribution >= 4 is 11.4 Å². The quantitative estimate of drug-likeness (QED) is 0.872. The maximum atomic E-state index is 12.4. The van der Waals surface area contributed by atoms with Crippen molar-refractivity contribution in [3.8, 4) is 0 Å². The molecule has 2 bridgehead atoms. The summed E-state index contributed by atoms with van der Waals surface area (Å²) in [5.74, 6) is 0.665. The van der Waals surface area contributed by atoms with Crippen LogP contribution in [0.25, 0.3) is 5.52 Å². The molecule has 3 heterocycles. The average Bonchev–Trinajstić information content (AvgIpc) is 3.15. The number of nitrogens with one attached hydrogen (secondary N) is 2. The van der Waals surface area contributed by atoms with Gasteiger partial charge in [-0.3, -0.25) is 4.79 Å². The van der Waals surface area contributed by atoms with Gasteiger partial charge in [0.2, 0.25) is 0 Å². The number of piperidine rings is 1. The standard InChI is InChI=1S/C16H19N3O/c1-10-2-4-14-5-3-11(9-19(10)14)16(20)18-15-7-13-6-12(15)8-17-13/h2-5,9,12-13,15,17H,6-8H2,1H3,(H,18,20). The van der Waals surface area contributed by atoms with Crippen LogP contribution < -0.4 is 10.6 Å². The van der Waals surface area contributed by atoms with E-state index in [0.717, 1.165) is 29.7 Å². The van der Waals surface area contributed by atoms with Crippen LogP contribution in [0.4, 0.5) is 0 Å². The Bertz CT molecular complexity index is 675. The van der Waals surface area contributed by atoms with Crippen LogP contribution in [-0.4, -0.2) is 28.9 Å². The molecule has 4 rings (SSSR count). The molecule has 1 amide bonds. The number of aromatic nitrogens is 1. The van der Waals surface area contributed by atoms with Gasteiger partial charge in [0.05, 0.1) is 5.56 Å². The van der Waals surface area contributed by atoms with E-state index in [2.05, 4.69) is 34.1 Å². The molecule has 1 aliphatic carbocycles. The normalized spacial score (nSPS) is 28.1. The molecule has 1 saturated carbocycles. The Morgan fingerprint density at radius 2 is 2.15 bits per heavy atom. The first kappa shape index (κ1) is 12.0. The molecule has 2 aromatic heterocycles. The van der Waals surface area contributed by atoms with E-state index in [1.54, 1.807) is 0 Å². The summed E-state index contributed by atoms with van der Waals surface area (Å²) in [6.45, 7) is 3.10. The molecular formula is C16H19N3O. The van der Waals surface area contributed by atoms with E-state index in [-0.39, 0.29) is 5.91 Å². The van der Waals surface area contributed by atoms with E-state index in [4.69, 9.17) is 0 Å². The average molecular weight is 269 g/mol. The maximum absolute atomic E-state index is 12.4. The van der Waals surface area contributed by atoms with Gasteiger partial charge in [0.25, 0.3) is 5.91 Å². The largest absolute Gasteiger partial charge is 0.349 e. The van der Waals surface area contributed by atoms with Crippen LogP contribution in [0.5, 0.6) is 0 Å². The topological polar surface area (TPSA) is 45.5 Å². The number of hydrogen-bond acceptors (Lipinski definition) is 2. The van der Waals surface area contributed by atoms with E-state index in [0.29, 0.717) is 18.0 Å². The molecule has 1 aliphatic heterocycles. The second-order valence-electron chi connectivity index (χ2n) is 6.10. The first-order chi connectivity index (χ1) is 9.70. The second kappa shape index (κ2) is 4.35. The predicted octanol–water partition coefficient (Wildman–Crippen LogP) is 1.73. The fraction of sp³-hybridized carbons (Fsp3) is 0.438. The highest BCUT2D eigenvalue weighted by Crippen LogP contribution is 2.31. The number of aryl methyl sites for hydroxylation is 1. The van der Waals surface area contributed by atoms with Gasteiger partial charge < -0.3 is 15.0 Å². The molecular weight excluding hydrogens is 250 g/mol. The van der Waals surface area contributed by atoms with Crippen molar-refractivity contribution in [2.24, 2.45) is 5.92 Å². The van der Waals surface area contributed by atoms with Gasteiger partial charge in [0.1, 0.15) is 0 Å². The van der Waals surface area contributed by atoms with Gasteiger partial charge in [-0.1, -0.05) is 0 Å². The van der Waals surface area contributed by atoms with Crippen LogP contribution in [0.2, 0.25) is 0 Å².